The summed E-state index contributed by atoms with van der Waals surface area (Å²) in [6, 6.07) is 7.20. The van der Waals surface area contributed by atoms with Crippen LogP contribution in [0.3, 0.4) is 0 Å². The topological polar surface area (TPSA) is 69.6 Å². The Morgan fingerprint density at radius 3 is 2.80 bits per heavy atom. The van der Waals surface area contributed by atoms with Gasteiger partial charge in [0.15, 0.2) is 0 Å². The molecule has 112 valence electrons. The third-order valence-corrected chi connectivity index (χ3v) is 5.64. The van der Waals surface area contributed by atoms with E-state index in [1.807, 2.05) is 13.1 Å². The second-order valence-corrected chi connectivity index (χ2v) is 7.07. The SMILES string of the molecule is CCC(NC)c1cccc(S(=O)(=O)N2CCC(O)C2)c1. The molecule has 0 saturated carbocycles. The zero-order valence-corrected chi connectivity index (χ0v) is 12.7. The monoisotopic (exact) mass is 298 g/mol. The van der Waals surface area contributed by atoms with Crippen molar-refractivity contribution in [3.05, 3.63) is 29.8 Å². The van der Waals surface area contributed by atoms with Gasteiger partial charge in [0.2, 0.25) is 10.0 Å². The van der Waals surface area contributed by atoms with Crippen LogP contribution in [0.4, 0.5) is 0 Å². The van der Waals surface area contributed by atoms with Gasteiger partial charge in [-0.3, -0.25) is 0 Å². The van der Waals surface area contributed by atoms with Crippen molar-refractivity contribution >= 4 is 10.0 Å². The van der Waals surface area contributed by atoms with Crippen molar-refractivity contribution in [2.75, 3.05) is 20.1 Å². The number of rotatable bonds is 5. The number of β-amino-alcohol motifs (C(OH)–C–C–N with tert-alkyl or cyclic N) is 1. The summed E-state index contributed by atoms with van der Waals surface area (Å²) in [7, 11) is -1.63. The first-order chi connectivity index (χ1) is 9.48. The first kappa shape index (κ1) is 15.4. The molecular formula is C14H22N2O3S. The molecular weight excluding hydrogens is 276 g/mol. The normalized spacial score (nSPS) is 22.1. The van der Waals surface area contributed by atoms with Crippen molar-refractivity contribution in [1.29, 1.82) is 0 Å². The number of nitrogens with zero attached hydrogens (tertiary/aromatic N) is 1. The molecule has 6 heteroatoms. The maximum Gasteiger partial charge on any atom is 0.243 e. The Morgan fingerprint density at radius 2 is 2.25 bits per heavy atom. The van der Waals surface area contributed by atoms with Crippen LogP contribution in [-0.2, 0) is 10.0 Å². The van der Waals surface area contributed by atoms with Gasteiger partial charge in [0.25, 0.3) is 0 Å². The first-order valence-electron chi connectivity index (χ1n) is 6.94. The molecule has 5 nitrogen and oxygen atoms in total. The molecule has 0 spiro atoms. The molecule has 1 aromatic carbocycles. The van der Waals surface area contributed by atoms with E-state index in [1.54, 1.807) is 18.2 Å². The number of sulfonamides is 1. The second-order valence-electron chi connectivity index (χ2n) is 5.13. The van der Waals surface area contributed by atoms with E-state index in [0.29, 0.717) is 17.9 Å². The van der Waals surface area contributed by atoms with Crippen molar-refractivity contribution in [2.24, 2.45) is 0 Å². The van der Waals surface area contributed by atoms with Gasteiger partial charge in [-0.05, 0) is 37.6 Å². The minimum absolute atomic E-state index is 0.148. The van der Waals surface area contributed by atoms with Crippen molar-refractivity contribution < 1.29 is 13.5 Å². The molecule has 0 aliphatic carbocycles. The molecule has 1 heterocycles. The number of aliphatic hydroxyl groups is 1. The molecule has 2 atom stereocenters. The lowest BCUT2D eigenvalue weighted by Gasteiger charge is -2.18. The largest absolute Gasteiger partial charge is 0.392 e. The van der Waals surface area contributed by atoms with Crippen LogP contribution in [0.1, 0.15) is 31.4 Å². The van der Waals surface area contributed by atoms with Crippen molar-refractivity contribution in [3.63, 3.8) is 0 Å². The molecule has 2 rings (SSSR count). The quantitative estimate of drug-likeness (QED) is 0.854. The fraction of sp³-hybridized carbons (Fsp3) is 0.571. The third kappa shape index (κ3) is 3.03. The fourth-order valence-electron chi connectivity index (χ4n) is 2.58. The Morgan fingerprint density at radius 1 is 1.50 bits per heavy atom. The van der Waals surface area contributed by atoms with Crippen molar-refractivity contribution in [1.82, 2.24) is 9.62 Å². The van der Waals surface area contributed by atoms with Gasteiger partial charge in [0.1, 0.15) is 0 Å². The number of benzene rings is 1. The Kier molecular flexibility index (Phi) is 4.80. The summed E-state index contributed by atoms with van der Waals surface area (Å²) in [5.41, 5.74) is 0.968. The highest BCUT2D eigenvalue weighted by molar-refractivity contribution is 7.89. The fourth-order valence-corrected chi connectivity index (χ4v) is 4.12. The Labute approximate surface area is 120 Å². The van der Waals surface area contributed by atoms with Crippen LogP contribution < -0.4 is 5.32 Å². The van der Waals surface area contributed by atoms with Gasteiger partial charge in [-0.25, -0.2) is 8.42 Å². The summed E-state index contributed by atoms with van der Waals surface area (Å²) in [6.07, 6.45) is 0.851. The van der Waals surface area contributed by atoms with Crippen LogP contribution in [0, 0.1) is 0 Å². The van der Waals surface area contributed by atoms with Gasteiger partial charge in [-0.2, -0.15) is 4.31 Å². The summed E-state index contributed by atoms with van der Waals surface area (Å²) in [5, 5.41) is 12.7. The van der Waals surface area contributed by atoms with E-state index in [2.05, 4.69) is 12.2 Å². The molecule has 2 N–H and O–H groups in total. The summed E-state index contributed by atoms with van der Waals surface area (Å²) in [5.74, 6) is 0. The van der Waals surface area contributed by atoms with E-state index in [-0.39, 0.29) is 12.6 Å². The van der Waals surface area contributed by atoms with E-state index >= 15 is 0 Å². The molecule has 1 aliphatic rings. The smallest absolute Gasteiger partial charge is 0.243 e. The zero-order chi connectivity index (χ0) is 14.8. The molecule has 0 bridgehead atoms. The molecule has 2 unspecified atom stereocenters. The van der Waals surface area contributed by atoms with Crippen LogP contribution in [0.2, 0.25) is 0 Å². The van der Waals surface area contributed by atoms with E-state index in [0.717, 1.165) is 12.0 Å². The van der Waals surface area contributed by atoms with Gasteiger partial charge < -0.3 is 10.4 Å². The number of aliphatic hydroxyl groups excluding tert-OH is 1. The lowest BCUT2D eigenvalue weighted by molar-refractivity contribution is 0.189. The molecule has 1 aromatic rings. The highest BCUT2D eigenvalue weighted by Gasteiger charge is 2.31. The molecule has 0 aromatic heterocycles. The van der Waals surface area contributed by atoms with Crippen LogP contribution in [0.15, 0.2) is 29.2 Å². The summed E-state index contributed by atoms with van der Waals surface area (Å²) in [6.45, 7) is 2.63. The minimum Gasteiger partial charge on any atom is -0.392 e. The first-order valence-corrected chi connectivity index (χ1v) is 8.38. The van der Waals surface area contributed by atoms with Crippen LogP contribution in [-0.4, -0.2) is 44.1 Å². The van der Waals surface area contributed by atoms with E-state index in [4.69, 9.17) is 0 Å². The van der Waals surface area contributed by atoms with Gasteiger partial charge in [0.05, 0.1) is 11.0 Å². The average molecular weight is 298 g/mol. The molecule has 1 aliphatic heterocycles. The van der Waals surface area contributed by atoms with Gasteiger partial charge in [0, 0.05) is 19.1 Å². The Balaban J connectivity index is 2.30. The van der Waals surface area contributed by atoms with Crippen LogP contribution in [0.25, 0.3) is 0 Å². The summed E-state index contributed by atoms with van der Waals surface area (Å²) >= 11 is 0. The molecule has 1 saturated heterocycles. The minimum atomic E-state index is -3.50. The zero-order valence-electron chi connectivity index (χ0n) is 11.9. The second kappa shape index (κ2) is 6.22. The van der Waals surface area contributed by atoms with Gasteiger partial charge in [-0.15, -0.1) is 0 Å². The maximum absolute atomic E-state index is 12.5. The van der Waals surface area contributed by atoms with E-state index < -0.39 is 16.1 Å². The maximum atomic E-state index is 12.5. The number of hydrogen-bond donors (Lipinski definition) is 2. The molecule has 20 heavy (non-hydrogen) atoms. The van der Waals surface area contributed by atoms with Crippen molar-refractivity contribution in [2.45, 2.75) is 36.8 Å². The van der Waals surface area contributed by atoms with Gasteiger partial charge in [-0.1, -0.05) is 19.1 Å². The highest BCUT2D eigenvalue weighted by Crippen LogP contribution is 2.24. The summed E-state index contributed by atoms with van der Waals surface area (Å²) < 4.78 is 26.4. The molecule has 0 radical (unpaired) electrons. The Hall–Kier alpha value is -0.950. The average Bonchev–Trinajstić information content (AvgIpc) is 2.88. The number of nitrogens with one attached hydrogen (secondary N) is 1. The molecule has 1 fully saturated rings. The number of hydrogen-bond acceptors (Lipinski definition) is 4. The molecule has 0 amide bonds. The Bertz CT molecular complexity index is 555. The van der Waals surface area contributed by atoms with E-state index in [9.17, 15) is 13.5 Å². The predicted octanol–water partition coefficient (Wildman–Crippen LogP) is 1.11. The third-order valence-electron chi connectivity index (χ3n) is 3.78. The standard InChI is InChI=1S/C14H22N2O3S/c1-3-14(15-2)11-5-4-6-13(9-11)20(18,19)16-8-7-12(17)10-16/h4-6,9,12,14-15,17H,3,7-8,10H2,1-2H3. The van der Waals surface area contributed by atoms with Crippen LogP contribution in [0.5, 0.6) is 0 Å². The lowest BCUT2D eigenvalue weighted by atomic mass is 10.1. The lowest BCUT2D eigenvalue weighted by Crippen LogP contribution is -2.30. The predicted molar refractivity (Wildman–Crippen MR) is 77.9 cm³/mol. The van der Waals surface area contributed by atoms with Crippen molar-refractivity contribution in [3.8, 4) is 0 Å². The van der Waals surface area contributed by atoms with E-state index in [1.165, 1.54) is 4.31 Å². The highest BCUT2D eigenvalue weighted by atomic mass is 32.2. The van der Waals surface area contributed by atoms with Gasteiger partial charge >= 0.3 is 0 Å². The van der Waals surface area contributed by atoms with Crippen LogP contribution >= 0.6 is 0 Å². The summed E-state index contributed by atoms with van der Waals surface area (Å²) in [4.78, 5) is 0.304.